The van der Waals surface area contributed by atoms with Gasteiger partial charge in [-0.15, -0.1) is 0 Å². The molecular formula is CBr6Mg. The van der Waals surface area contributed by atoms with E-state index in [-0.39, 0.29) is 58.1 Å². The molecule has 0 unspecified atom stereocenters. The largest absolute Gasteiger partial charge is 2.00 e. The Bertz CT molecular complexity index is 24.0. The Kier molecular flexibility index (Phi) is 30.0. The fourth-order valence-corrected chi connectivity index (χ4v) is 0. The van der Waals surface area contributed by atoms with Crippen LogP contribution in [0.1, 0.15) is 0 Å². The summed E-state index contributed by atoms with van der Waals surface area (Å²) in [5.74, 6) is 0. The maximum absolute atomic E-state index is 3.12. The molecule has 0 N–H and O–H groups in total. The average molecular weight is 516 g/mol. The minimum Gasteiger partial charge on any atom is -1.00 e. The molecule has 0 aromatic heterocycles. The van der Waals surface area contributed by atoms with Crippen molar-refractivity contribution in [1.82, 2.24) is 0 Å². The van der Waals surface area contributed by atoms with Crippen molar-refractivity contribution < 1.29 is 34.0 Å². The molecule has 0 spiro atoms. The molecule has 0 aromatic rings. The van der Waals surface area contributed by atoms with Crippen molar-refractivity contribution >= 4 is 86.8 Å². The third kappa shape index (κ3) is 54.2. The molecule has 0 saturated carbocycles. The molecule has 0 radical (unpaired) electrons. The molecule has 8 heavy (non-hydrogen) atoms. The number of rotatable bonds is 0. The first-order chi connectivity index (χ1) is 2.00. The Morgan fingerprint density at radius 1 is 0.750 bits per heavy atom. The van der Waals surface area contributed by atoms with Crippen molar-refractivity contribution in [2.75, 3.05) is 0 Å². The van der Waals surface area contributed by atoms with E-state index in [0.29, 0.717) is 0 Å². The monoisotopic (exact) mass is 509 g/mol. The number of halogens is 6. The topological polar surface area (TPSA) is 0 Å². The van der Waals surface area contributed by atoms with Crippen LogP contribution in [0.15, 0.2) is 0 Å². The molecule has 0 aromatic carbocycles. The van der Waals surface area contributed by atoms with E-state index in [1.165, 1.54) is 0 Å². The smallest absolute Gasteiger partial charge is 1.00 e. The molecule has 0 saturated heterocycles. The molecule has 0 bridgehead atoms. The number of hydrogen-bond donors (Lipinski definition) is 0. The predicted octanol–water partition coefficient (Wildman–Crippen LogP) is -3.20. The van der Waals surface area contributed by atoms with Crippen LogP contribution in [0.2, 0.25) is 0 Å². The SMILES string of the molecule is BrC(Br)(Br)Br.[Br-].[Br-].[Mg+2]. The summed E-state index contributed by atoms with van der Waals surface area (Å²) in [6.07, 6.45) is 0. The summed E-state index contributed by atoms with van der Waals surface area (Å²) in [4.78, 5) is 0. The second-order valence-electron chi connectivity index (χ2n) is 0.429. The zero-order chi connectivity index (χ0) is 4.50. The summed E-state index contributed by atoms with van der Waals surface area (Å²) in [5, 5.41) is 0. The van der Waals surface area contributed by atoms with E-state index in [4.69, 9.17) is 0 Å². The standard InChI is InChI=1S/CBr4.2BrH.Mg/c2-1(3,4)5;;;/h;2*1H;/q;;;+2/p-2. The first-order valence-electron chi connectivity index (χ1n) is 0.756. The third-order valence-corrected chi connectivity index (χ3v) is 0. The van der Waals surface area contributed by atoms with Crippen LogP contribution in [-0.4, -0.2) is 24.1 Å². The summed E-state index contributed by atoms with van der Waals surface area (Å²) in [5.41, 5.74) is 0. The third-order valence-electron chi connectivity index (χ3n) is 0. The zero-order valence-electron chi connectivity index (χ0n) is 3.47. The van der Waals surface area contributed by atoms with Gasteiger partial charge in [0.1, 0.15) is 0 Å². The molecule has 0 aliphatic rings. The van der Waals surface area contributed by atoms with Crippen molar-refractivity contribution in [3.63, 3.8) is 0 Å². The summed E-state index contributed by atoms with van der Waals surface area (Å²) in [6, 6.07) is 0. The molecular weight excluding hydrogens is 516 g/mol. The van der Waals surface area contributed by atoms with Gasteiger partial charge >= 0.3 is 23.1 Å². The van der Waals surface area contributed by atoms with Gasteiger partial charge in [0.15, 0.2) is 1.05 Å². The van der Waals surface area contributed by atoms with Gasteiger partial charge in [-0.05, 0) is 63.7 Å². The molecule has 7 heteroatoms. The van der Waals surface area contributed by atoms with Gasteiger partial charge in [0.05, 0.1) is 0 Å². The van der Waals surface area contributed by atoms with Crippen LogP contribution in [-0.2, 0) is 0 Å². The van der Waals surface area contributed by atoms with E-state index in [9.17, 15) is 0 Å². The second-order valence-corrected chi connectivity index (χ2v) is 11.6. The van der Waals surface area contributed by atoms with Crippen LogP contribution in [0.3, 0.4) is 0 Å². The molecule has 0 heterocycles. The second kappa shape index (κ2) is 10.6. The Hall–Kier alpha value is 3.65. The van der Waals surface area contributed by atoms with Crippen LogP contribution in [0, 0.1) is 0 Å². The molecule has 0 nitrogen and oxygen atoms in total. The van der Waals surface area contributed by atoms with Gasteiger partial charge in [0.2, 0.25) is 0 Å². The van der Waals surface area contributed by atoms with E-state index in [2.05, 4.69) is 63.7 Å². The van der Waals surface area contributed by atoms with Crippen molar-refractivity contribution in [1.29, 1.82) is 0 Å². The van der Waals surface area contributed by atoms with Crippen LogP contribution >= 0.6 is 63.7 Å². The fraction of sp³-hybridized carbons (Fsp3) is 1.00. The molecule has 0 aliphatic carbocycles. The fourth-order valence-electron chi connectivity index (χ4n) is 0. The zero-order valence-corrected chi connectivity index (χ0v) is 14.4. The first kappa shape index (κ1) is 22.6. The molecule has 0 aliphatic heterocycles. The molecule has 0 rings (SSSR count). The van der Waals surface area contributed by atoms with Crippen LogP contribution < -0.4 is 34.0 Å². The molecule has 48 valence electrons. The summed E-state index contributed by atoms with van der Waals surface area (Å²) in [6.45, 7) is 0. The minimum atomic E-state index is -0.250. The summed E-state index contributed by atoms with van der Waals surface area (Å²) in [7, 11) is 0. The number of alkyl halides is 4. The molecule has 0 atom stereocenters. The normalized spacial score (nSPS) is 7.50. The maximum Gasteiger partial charge on any atom is 2.00 e. The molecule has 0 amide bonds. The van der Waals surface area contributed by atoms with Gasteiger partial charge in [-0.1, -0.05) is 0 Å². The van der Waals surface area contributed by atoms with Crippen molar-refractivity contribution in [3.05, 3.63) is 0 Å². The van der Waals surface area contributed by atoms with Crippen LogP contribution in [0.4, 0.5) is 0 Å². The van der Waals surface area contributed by atoms with E-state index in [1.54, 1.807) is 0 Å². The van der Waals surface area contributed by atoms with Crippen molar-refractivity contribution in [3.8, 4) is 0 Å². The summed E-state index contributed by atoms with van der Waals surface area (Å²) >= 11 is 12.5. The first-order valence-corrected chi connectivity index (χ1v) is 3.93. The summed E-state index contributed by atoms with van der Waals surface area (Å²) < 4.78 is -0.250. The van der Waals surface area contributed by atoms with E-state index in [1.807, 2.05) is 0 Å². The minimum absolute atomic E-state index is 0. The predicted molar refractivity (Wildman–Crippen MR) is 44.2 cm³/mol. The van der Waals surface area contributed by atoms with E-state index >= 15 is 0 Å². The maximum atomic E-state index is 3.12. The van der Waals surface area contributed by atoms with Gasteiger partial charge in [-0.25, -0.2) is 0 Å². The van der Waals surface area contributed by atoms with E-state index in [0.717, 1.165) is 0 Å². The van der Waals surface area contributed by atoms with Gasteiger partial charge < -0.3 is 34.0 Å². The van der Waals surface area contributed by atoms with Crippen molar-refractivity contribution in [2.24, 2.45) is 0 Å². The van der Waals surface area contributed by atoms with Crippen LogP contribution in [0.25, 0.3) is 0 Å². The van der Waals surface area contributed by atoms with E-state index < -0.39 is 0 Å². The van der Waals surface area contributed by atoms with Gasteiger partial charge in [-0.3, -0.25) is 0 Å². The Morgan fingerprint density at radius 2 is 0.750 bits per heavy atom. The van der Waals surface area contributed by atoms with Crippen LogP contribution in [0.5, 0.6) is 0 Å². The number of hydrogen-bond acceptors (Lipinski definition) is 0. The quantitative estimate of drug-likeness (QED) is 0.236. The average Bonchev–Trinajstić information content (AvgIpc) is 0.722. The van der Waals surface area contributed by atoms with Gasteiger partial charge in [0.25, 0.3) is 0 Å². The Balaban J connectivity index is -0.0000000267. The molecule has 0 fully saturated rings. The van der Waals surface area contributed by atoms with Gasteiger partial charge in [0, 0.05) is 0 Å². The Labute approximate surface area is 120 Å². The Morgan fingerprint density at radius 3 is 0.750 bits per heavy atom. The van der Waals surface area contributed by atoms with Gasteiger partial charge in [-0.2, -0.15) is 0 Å². The van der Waals surface area contributed by atoms with Crippen molar-refractivity contribution in [2.45, 2.75) is 1.05 Å².